The van der Waals surface area contributed by atoms with Gasteiger partial charge in [0.2, 0.25) is 6.29 Å². The van der Waals surface area contributed by atoms with Crippen LogP contribution in [0.1, 0.15) is 0 Å². The molecule has 1 fully saturated rings. The van der Waals surface area contributed by atoms with Gasteiger partial charge < -0.3 is 9.47 Å². The zero-order valence-corrected chi connectivity index (χ0v) is 5.49. The van der Waals surface area contributed by atoms with Crippen LogP contribution in [-0.2, 0) is 4.74 Å². The molecule has 1 atom stereocenters. The highest BCUT2D eigenvalue weighted by Crippen LogP contribution is 2.17. The molecule has 0 N–H and O–H groups in total. The number of hydrogen-bond acceptors (Lipinski definition) is 2. The zero-order chi connectivity index (χ0) is 6.81. The fourth-order valence-electron chi connectivity index (χ4n) is 0.758. The van der Waals surface area contributed by atoms with Crippen molar-refractivity contribution < 1.29 is 9.47 Å². The van der Waals surface area contributed by atoms with E-state index in [2.05, 4.69) is 0 Å². The van der Waals surface area contributed by atoms with Gasteiger partial charge in [-0.1, -0.05) is 18.2 Å². The van der Waals surface area contributed by atoms with Crippen LogP contribution >= 0.6 is 0 Å². The number of benzene rings is 1. The maximum atomic E-state index is 5.30. The van der Waals surface area contributed by atoms with Gasteiger partial charge in [0.15, 0.2) is 0 Å². The van der Waals surface area contributed by atoms with Crippen LogP contribution in [0.3, 0.4) is 0 Å². The van der Waals surface area contributed by atoms with E-state index in [1.165, 1.54) is 0 Å². The Hall–Kier alpha value is -0.803. The molecule has 1 unspecified atom stereocenters. The molecule has 0 spiro atoms. The topological polar surface area (TPSA) is 21.8 Å². The fraction of sp³-hybridized carbons (Fsp3) is 0.250. The smallest absolute Gasteiger partial charge is 0.223 e. The lowest BCUT2D eigenvalue weighted by Gasteiger charge is -1.98. The van der Waals surface area contributed by atoms with E-state index in [4.69, 9.17) is 9.47 Å². The van der Waals surface area contributed by atoms with E-state index in [0.717, 1.165) is 12.4 Å². The van der Waals surface area contributed by atoms with Crippen molar-refractivity contribution in [3.8, 4) is 5.75 Å². The molecule has 2 rings (SSSR count). The largest absolute Gasteiger partial charge is 0.462 e. The summed E-state index contributed by atoms with van der Waals surface area (Å²) in [6.07, 6.45) is 0.0161. The Morgan fingerprint density at radius 2 is 1.91 bits per heavy atom. The SMILES string of the molecule is [SiH4].c1ccc(OC2CO2)cc1. The summed E-state index contributed by atoms with van der Waals surface area (Å²) < 4.78 is 10.2. The molecule has 60 valence electrons. The lowest BCUT2D eigenvalue weighted by atomic mass is 10.3. The van der Waals surface area contributed by atoms with Crippen LogP contribution in [0.2, 0.25) is 0 Å². The summed E-state index contributed by atoms with van der Waals surface area (Å²) >= 11 is 0. The molecule has 1 aliphatic rings. The van der Waals surface area contributed by atoms with Crippen molar-refractivity contribution in [2.24, 2.45) is 0 Å². The predicted octanol–water partition coefficient (Wildman–Crippen LogP) is -0.0299. The molecular weight excluding hydrogens is 156 g/mol. The highest BCUT2D eigenvalue weighted by atomic mass is 28.1. The molecule has 1 saturated heterocycles. The summed E-state index contributed by atoms with van der Waals surface area (Å²) in [6.45, 7) is 0.731. The first-order valence-corrected chi connectivity index (χ1v) is 3.28. The summed E-state index contributed by atoms with van der Waals surface area (Å²) in [4.78, 5) is 0. The van der Waals surface area contributed by atoms with Crippen molar-refractivity contribution >= 4 is 11.0 Å². The van der Waals surface area contributed by atoms with Crippen LogP contribution in [0.25, 0.3) is 0 Å². The quantitative estimate of drug-likeness (QED) is 0.457. The van der Waals surface area contributed by atoms with Crippen molar-refractivity contribution in [1.82, 2.24) is 0 Å². The van der Waals surface area contributed by atoms with Crippen LogP contribution in [-0.4, -0.2) is 23.9 Å². The van der Waals surface area contributed by atoms with Crippen molar-refractivity contribution in [1.29, 1.82) is 0 Å². The first-order valence-electron chi connectivity index (χ1n) is 3.28. The third-order valence-electron chi connectivity index (χ3n) is 1.31. The molecular formula is C8H12O2Si. The average Bonchev–Trinajstić information content (AvgIpc) is 2.74. The minimum atomic E-state index is 0. The lowest BCUT2D eigenvalue weighted by Crippen LogP contribution is -1.96. The summed E-state index contributed by atoms with van der Waals surface area (Å²) in [5.74, 6) is 0.880. The molecule has 0 aliphatic carbocycles. The third-order valence-corrected chi connectivity index (χ3v) is 1.31. The number of hydrogen-bond donors (Lipinski definition) is 0. The van der Waals surface area contributed by atoms with Crippen molar-refractivity contribution in [3.05, 3.63) is 30.3 Å². The number of rotatable bonds is 2. The van der Waals surface area contributed by atoms with E-state index >= 15 is 0 Å². The second-order valence-electron chi connectivity index (χ2n) is 2.19. The van der Waals surface area contributed by atoms with Gasteiger partial charge in [0.1, 0.15) is 12.4 Å². The molecule has 1 heterocycles. The molecule has 1 aromatic rings. The van der Waals surface area contributed by atoms with E-state index in [1.807, 2.05) is 30.3 Å². The van der Waals surface area contributed by atoms with Crippen molar-refractivity contribution in [2.75, 3.05) is 6.61 Å². The molecule has 1 aliphatic heterocycles. The van der Waals surface area contributed by atoms with Gasteiger partial charge >= 0.3 is 0 Å². The number of para-hydroxylation sites is 1. The summed E-state index contributed by atoms with van der Waals surface area (Å²) in [5.41, 5.74) is 0. The minimum Gasteiger partial charge on any atom is -0.462 e. The monoisotopic (exact) mass is 168 g/mol. The van der Waals surface area contributed by atoms with E-state index in [1.54, 1.807) is 0 Å². The van der Waals surface area contributed by atoms with E-state index in [0.29, 0.717) is 0 Å². The highest BCUT2D eigenvalue weighted by Gasteiger charge is 2.24. The Morgan fingerprint density at radius 1 is 1.27 bits per heavy atom. The van der Waals surface area contributed by atoms with Gasteiger partial charge in [-0.2, -0.15) is 0 Å². The molecule has 3 heteroatoms. The second-order valence-corrected chi connectivity index (χ2v) is 2.19. The number of epoxide rings is 1. The molecule has 0 amide bonds. The molecule has 1 aromatic carbocycles. The Balaban J connectivity index is 0.000000605. The Kier molecular flexibility index (Phi) is 2.68. The van der Waals surface area contributed by atoms with Gasteiger partial charge in [-0.05, 0) is 23.1 Å². The maximum Gasteiger partial charge on any atom is 0.223 e. The lowest BCUT2D eigenvalue weighted by molar-refractivity contribution is 0.179. The van der Waals surface area contributed by atoms with Crippen LogP contribution in [0.15, 0.2) is 30.3 Å². The van der Waals surface area contributed by atoms with Gasteiger partial charge in [0.25, 0.3) is 0 Å². The fourth-order valence-corrected chi connectivity index (χ4v) is 0.758. The van der Waals surface area contributed by atoms with Crippen LogP contribution in [0.5, 0.6) is 5.75 Å². The van der Waals surface area contributed by atoms with E-state index in [-0.39, 0.29) is 17.3 Å². The van der Waals surface area contributed by atoms with Crippen LogP contribution in [0, 0.1) is 0 Å². The minimum absolute atomic E-state index is 0. The normalized spacial score (nSPS) is 20.2. The highest BCUT2D eigenvalue weighted by molar-refractivity contribution is 5.75. The summed E-state index contributed by atoms with van der Waals surface area (Å²) in [7, 11) is 0. The first kappa shape index (κ1) is 8.29. The average molecular weight is 168 g/mol. The van der Waals surface area contributed by atoms with Crippen LogP contribution < -0.4 is 4.74 Å². The van der Waals surface area contributed by atoms with Crippen LogP contribution in [0.4, 0.5) is 0 Å². The van der Waals surface area contributed by atoms with Crippen molar-refractivity contribution in [2.45, 2.75) is 6.29 Å². The van der Waals surface area contributed by atoms with Gasteiger partial charge in [-0.3, -0.25) is 0 Å². The number of ether oxygens (including phenoxy) is 2. The van der Waals surface area contributed by atoms with Gasteiger partial charge in [-0.15, -0.1) is 0 Å². The van der Waals surface area contributed by atoms with Gasteiger partial charge in [-0.25, -0.2) is 0 Å². The second kappa shape index (κ2) is 3.55. The summed E-state index contributed by atoms with van der Waals surface area (Å²) in [6, 6.07) is 9.68. The van der Waals surface area contributed by atoms with Gasteiger partial charge in [0, 0.05) is 0 Å². The molecule has 11 heavy (non-hydrogen) atoms. The molecule has 0 bridgehead atoms. The first-order chi connectivity index (χ1) is 4.95. The summed E-state index contributed by atoms with van der Waals surface area (Å²) in [5, 5.41) is 0. The van der Waals surface area contributed by atoms with Gasteiger partial charge in [0.05, 0.1) is 0 Å². The third kappa shape index (κ3) is 2.36. The van der Waals surface area contributed by atoms with E-state index in [9.17, 15) is 0 Å². The Bertz CT molecular complexity index is 209. The molecule has 2 nitrogen and oxygen atoms in total. The van der Waals surface area contributed by atoms with Crippen molar-refractivity contribution in [3.63, 3.8) is 0 Å². The molecule has 0 aromatic heterocycles. The molecule has 0 radical (unpaired) electrons. The Labute approximate surface area is 70.2 Å². The Morgan fingerprint density at radius 3 is 2.45 bits per heavy atom. The standard InChI is InChI=1S/C8H8O2.H4Si/c1-2-4-7(5-3-1)10-8-6-9-8;/h1-5,8H,6H2;1H4. The zero-order valence-electron chi connectivity index (χ0n) is 5.49. The van der Waals surface area contributed by atoms with E-state index < -0.39 is 0 Å². The molecule has 0 saturated carbocycles. The predicted molar refractivity (Wildman–Crippen MR) is 48.1 cm³/mol. The maximum absolute atomic E-state index is 5.30.